The molecule has 2 aromatic heterocycles. The van der Waals surface area contributed by atoms with Gasteiger partial charge in [-0.05, 0) is 63.2 Å². The summed E-state index contributed by atoms with van der Waals surface area (Å²) in [4.78, 5) is 7.34. The summed E-state index contributed by atoms with van der Waals surface area (Å²) in [7, 11) is 0. The average molecular weight is 380 g/mol. The van der Waals surface area contributed by atoms with Crippen LogP contribution in [0.25, 0.3) is 11.3 Å². The maximum absolute atomic E-state index is 6.01. The Morgan fingerprint density at radius 3 is 2.89 bits per heavy atom. The third-order valence-corrected chi connectivity index (χ3v) is 6.13. The molecule has 150 valence electrons. The van der Waals surface area contributed by atoms with Crippen molar-refractivity contribution in [3.05, 3.63) is 54.5 Å². The van der Waals surface area contributed by atoms with E-state index in [2.05, 4.69) is 57.7 Å². The van der Waals surface area contributed by atoms with Crippen LogP contribution >= 0.6 is 0 Å². The van der Waals surface area contributed by atoms with E-state index in [1.54, 1.807) is 0 Å². The van der Waals surface area contributed by atoms with Gasteiger partial charge in [0.1, 0.15) is 5.65 Å². The summed E-state index contributed by atoms with van der Waals surface area (Å²) in [5.74, 6) is 0.722. The van der Waals surface area contributed by atoms with Crippen LogP contribution in [0.2, 0.25) is 0 Å². The van der Waals surface area contributed by atoms with E-state index < -0.39 is 0 Å². The first-order valence-electron chi connectivity index (χ1n) is 10.7. The van der Waals surface area contributed by atoms with Gasteiger partial charge in [-0.25, -0.2) is 4.98 Å². The van der Waals surface area contributed by atoms with Crippen molar-refractivity contribution >= 4 is 11.3 Å². The van der Waals surface area contributed by atoms with Crippen molar-refractivity contribution in [2.45, 2.75) is 44.6 Å². The normalized spacial score (nSPS) is 20.8. The Morgan fingerprint density at radius 1 is 1.25 bits per heavy atom. The first-order chi connectivity index (χ1) is 13.7. The van der Waals surface area contributed by atoms with E-state index in [4.69, 9.17) is 10.7 Å². The molecule has 5 heteroatoms. The fourth-order valence-corrected chi connectivity index (χ4v) is 4.31. The Labute approximate surface area is 168 Å². The lowest BCUT2D eigenvalue weighted by atomic mass is 10.1. The SMILES string of the molecule is C=C(NCCC1C=CCC1)c1cccc2nc(CCN3CCC(N)CC3)cn12. The molecule has 1 atom stereocenters. The fourth-order valence-electron chi connectivity index (χ4n) is 4.31. The highest BCUT2D eigenvalue weighted by Crippen LogP contribution is 2.20. The van der Waals surface area contributed by atoms with Gasteiger partial charge in [-0.3, -0.25) is 4.40 Å². The standard InChI is InChI=1S/C23H33N5/c1-18(25-13-9-19-5-2-3-6-19)22-7-4-8-23-26-21(17-28(22)23)12-16-27-14-10-20(24)11-15-27/h2,4-5,7-8,17,19-20,25H,1,3,6,9-16,24H2. The lowest BCUT2D eigenvalue weighted by Gasteiger charge is -2.29. The minimum absolute atomic E-state index is 0.386. The second-order valence-corrected chi connectivity index (χ2v) is 8.26. The molecule has 3 heterocycles. The number of hydrogen-bond acceptors (Lipinski definition) is 4. The lowest BCUT2D eigenvalue weighted by Crippen LogP contribution is -2.40. The number of pyridine rings is 1. The zero-order chi connectivity index (χ0) is 19.3. The Bertz CT molecular complexity index is 829. The van der Waals surface area contributed by atoms with E-state index in [1.807, 2.05) is 0 Å². The topological polar surface area (TPSA) is 58.6 Å². The summed E-state index contributed by atoms with van der Waals surface area (Å²) in [5, 5.41) is 3.52. The number of imidazole rings is 1. The van der Waals surface area contributed by atoms with E-state index in [9.17, 15) is 0 Å². The molecule has 0 radical (unpaired) electrons. The van der Waals surface area contributed by atoms with Gasteiger partial charge in [0.25, 0.3) is 0 Å². The van der Waals surface area contributed by atoms with Gasteiger partial charge in [0.15, 0.2) is 0 Å². The van der Waals surface area contributed by atoms with Gasteiger partial charge in [-0.2, -0.15) is 0 Å². The number of nitrogens with zero attached hydrogens (tertiary/aromatic N) is 3. The lowest BCUT2D eigenvalue weighted by molar-refractivity contribution is 0.215. The maximum Gasteiger partial charge on any atom is 0.137 e. The molecule has 0 aromatic carbocycles. The van der Waals surface area contributed by atoms with Crippen molar-refractivity contribution in [2.24, 2.45) is 11.7 Å². The van der Waals surface area contributed by atoms with Crippen molar-refractivity contribution < 1.29 is 0 Å². The first kappa shape index (κ1) is 19.2. The van der Waals surface area contributed by atoms with Crippen molar-refractivity contribution in [3.8, 4) is 0 Å². The molecular weight excluding hydrogens is 346 g/mol. The van der Waals surface area contributed by atoms with Crippen molar-refractivity contribution in [3.63, 3.8) is 0 Å². The maximum atomic E-state index is 6.01. The van der Waals surface area contributed by atoms with E-state index in [1.165, 1.54) is 19.3 Å². The number of piperidine rings is 1. The predicted molar refractivity (Wildman–Crippen MR) is 116 cm³/mol. The van der Waals surface area contributed by atoms with E-state index >= 15 is 0 Å². The molecule has 0 spiro atoms. The van der Waals surface area contributed by atoms with Gasteiger partial charge >= 0.3 is 0 Å². The molecule has 3 N–H and O–H groups in total. The summed E-state index contributed by atoms with van der Waals surface area (Å²) in [6.07, 6.45) is 13.7. The Hall–Kier alpha value is -2.11. The summed E-state index contributed by atoms with van der Waals surface area (Å²) < 4.78 is 2.17. The molecule has 1 aliphatic carbocycles. The molecule has 1 unspecified atom stereocenters. The number of nitrogens with two attached hydrogens (primary N) is 1. The number of fused-ring (bicyclic) bond motifs is 1. The van der Waals surface area contributed by atoms with Crippen LogP contribution in [0.5, 0.6) is 0 Å². The largest absolute Gasteiger partial charge is 0.384 e. The number of rotatable bonds is 8. The molecule has 1 fully saturated rings. The Kier molecular flexibility index (Phi) is 6.13. The van der Waals surface area contributed by atoms with Crippen molar-refractivity contribution in [1.29, 1.82) is 0 Å². The third-order valence-electron chi connectivity index (χ3n) is 6.13. The quantitative estimate of drug-likeness (QED) is 0.692. The second-order valence-electron chi connectivity index (χ2n) is 8.26. The fraction of sp³-hybridized carbons (Fsp3) is 0.522. The molecular formula is C23H33N5. The van der Waals surface area contributed by atoms with Crippen LogP contribution < -0.4 is 11.1 Å². The Morgan fingerprint density at radius 2 is 2.11 bits per heavy atom. The van der Waals surface area contributed by atoms with Crippen LogP contribution in [-0.4, -0.2) is 46.5 Å². The van der Waals surface area contributed by atoms with E-state index in [-0.39, 0.29) is 0 Å². The molecule has 1 aliphatic heterocycles. The van der Waals surface area contributed by atoms with Gasteiger partial charge in [-0.15, -0.1) is 0 Å². The van der Waals surface area contributed by atoms with Crippen LogP contribution in [0.3, 0.4) is 0 Å². The molecule has 2 aromatic rings. The molecule has 4 rings (SSSR count). The minimum Gasteiger partial charge on any atom is -0.384 e. The number of aromatic nitrogens is 2. The van der Waals surface area contributed by atoms with Crippen LogP contribution in [0.4, 0.5) is 0 Å². The molecule has 0 amide bonds. The van der Waals surface area contributed by atoms with Gasteiger partial charge in [-0.1, -0.05) is 24.8 Å². The number of allylic oxidation sites excluding steroid dienone is 2. The van der Waals surface area contributed by atoms with E-state index in [0.29, 0.717) is 6.04 Å². The van der Waals surface area contributed by atoms with Gasteiger partial charge in [0.2, 0.25) is 0 Å². The number of nitrogens with one attached hydrogen (secondary N) is 1. The highest BCUT2D eigenvalue weighted by Gasteiger charge is 2.16. The van der Waals surface area contributed by atoms with Crippen LogP contribution in [-0.2, 0) is 6.42 Å². The first-order valence-corrected chi connectivity index (χ1v) is 10.7. The molecule has 28 heavy (non-hydrogen) atoms. The van der Waals surface area contributed by atoms with Crippen LogP contribution in [0, 0.1) is 5.92 Å². The summed E-state index contributed by atoms with van der Waals surface area (Å²) in [5.41, 5.74) is 10.2. The summed E-state index contributed by atoms with van der Waals surface area (Å²) in [6, 6.07) is 6.65. The molecule has 5 nitrogen and oxygen atoms in total. The highest BCUT2D eigenvalue weighted by molar-refractivity contribution is 5.62. The molecule has 0 bridgehead atoms. The molecule has 2 aliphatic rings. The van der Waals surface area contributed by atoms with Crippen LogP contribution in [0.15, 0.2) is 43.1 Å². The zero-order valence-corrected chi connectivity index (χ0v) is 16.8. The zero-order valence-electron chi connectivity index (χ0n) is 16.8. The van der Waals surface area contributed by atoms with Gasteiger partial charge in [0, 0.05) is 31.7 Å². The monoisotopic (exact) mass is 379 g/mol. The molecule has 1 saturated heterocycles. The average Bonchev–Trinajstić information content (AvgIpc) is 3.36. The second kappa shape index (κ2) is 8.93. The summed E-state index contributed by atoms with van der Waals surface area (Å²) in [6.45, 7) is 8.51. The molecule has 0 saturated carbocycles. The van der Waals surface area contributed by atoms with E-state index in [0.717, 1.165) is 74.1 Å². The number of likely N-dealkylation sites (tertiary alicyclic amines) is 1. The van der Waals surface area contributed by atoms with Gasteiger partial charge < -0.3 is 16.0 Å². The third kappa shape index (κ3) is 4.65. The highest BCUT2D eigenvalue weighted by atomic mass is 15.1. The predicted octanol–water partition coefficient (Wildman–Crippen LogP) is 3.22. The number of hydrogen-bond donors (Lipinski definition) is 2. The summed E-state index contributed by atoms with van der Waals surface area (Å²) >= 11 is 0. The van der Waals surface area contributed by atoms with Crippen molar-refractivity contribution in [1.82, 2.24) is 19.6 Å². The van der Waals surface area contributed by atoms with Crippen molar-refractivity contribution in [2.75, 3.05) is 26.2 Å². The minimum atomic E-state index is 0.386. The smallest absolute Gasteiger partial charge is 0.137 e. The Balaban J connectivity index is 1.36. The van der Waals surface area contributed by atoms with Gasteiger partial charge in [0.05, 0.1) is 17.1 Å². The van der Waals surface area contributed by atoms with Crippen LogP contribution in [0.1, 0.15) is 43.5 Å².